The Morgan fingerprint density at radius 3 is 2.33 bits per heavy atom. The van der Waals surface area contributed by atoms with Gasteiger partial charge in [-0.2, -0.15) is 0 Å². The molecule has 4 heteroatoms. The summed E-state index contributed by atoms with van der Waals surface area (Å²) in [5.41, 5.74) is 3.80. The summed E-state index contributed by atoms with van der Waals surface area (Å²) in [6.45, 7) is 2.10. The van der Waals surface area contributed by atoms with Gasteiger partial charge in [0.15, 0.2) is 0 Å². The summed E-state index contributed by atoms with van der Waals surface area (Å²) < 4.78 is 57.2. The van der Waals surface area contributed by atoms with Crippen LogP contribution < -0.4 is 0 Å². The number of allylic oxidation sites excluding steroid dienone is 2. The Bertz CT molecular complexity index is 903. The van der Waals surface area contributed by atoms with Gasteiger partial charge >= 0.3 is 0 Å². The van der Waals surface area contributed by atoms with Crippen molar-refractivity contribution < 1.29 is 17.6 Å². The number of hydrogen-bond donors (Lipinski definition) is 0. The van der Waals surface area contributed by atoms with Crippen LogP contribution in [-0.4, -0.2) is 12.3 Å². The molecule has 30 heavy (non-hydrogen) atoms. The van der Waals surface area contributed by atoms with E-state index in [0.717, 1.165) is 36.5 Å². The van der Waals surface area contributed by atoms with Crippen LogP contribution in [0.25, 0.3) is 5.57 Å². The molecule has 0 amide bonds. The average Bonchev–Trinajstić information content (AvgIpc) is 2.71. The number of benzene rings is 2. The molecule has 0 N–H and O–H groups in total. The van der Waals surface area contributed by atoms with Crippen LogP contribution in [0.3, 0.4) is 0 Å². The van der Waals surface area contributed by atoms with E-state index in [2.05, 4.69) is 6.92 Å². The lowest BCUT2D eigenvalue weighted by molar-refractivity contribution is 0.0824. The molecule has 2 aromatic carbocycles. The van der Waals surface area contributed by atoms with Gasteiger partial charge in [0.2, 0.25) is 0 Å². The minimum atomic E-state index is -1.16. The summed E-state index contributed by atoms with van der Waals surface area (Å²) in [6, 6.07) is 9.69. The van der Waals surface area contributed by atoms with E-state index in [-0.39, 0.29) is 5.92 Å². The molecule has 0 heterocycles. The Labute approximate surface area is 176 Å². The van der Waals surface area contributed by atoms with Gasteiger partial charge in [0, 0.05) is 12.0 Å². The SMILES string of the molecule is CCCCC1CC(F)C(c2ccc(C3=CCc4c(F)cc(F)cc4C3)cc2)C(F)C1. The molecule has 4 rings (SSSR count). The third-order valence-electron chi connectivity index (χ3n) is 6.71. The fourth-order valence-electron chi connectivity index (χ4n) is 5.08. The maximum atomic E-state index is 14.8. The van der Waals surface area contributed by atoms with Gasteiger partial charge in [-0.05, 0) is 65.5 Å². The Hall–Kier alpha value is -2.10. The second-order valence-electron chi connectivity index (χ2n) is 8.79. The molecule has 1 fully saturated rings. The van der Waals surface area contributed by atoms with E-state index in [9.17, 15) is 17.6 Å². The number of rotatable bonds is 5. The van der Waals surface area contributed by atoms with Gasteiger partial charge in [-0.1, -0.05) is 56.5 Å². The van der Waals surface area contributed by atoms with Gasteiger partial charge in [-0.15, -0.1) is 0 Å². The molecule has 0 radical (unpaired) electrons. The molecule has 0 saturated heterocycles. The minimum absolute atomic E-state index is 0.138. The van der Waals surface area contributed by atoms with Crippen LogP contribution in [0.2, 0.25) is 0 Å². The van der Waals surface area contributed by atoms with Crippen LogP contribution in [0.15, 0.2) is 42.5 Å². The largest absolute Gasteiger partial charge is 0.247 e. The van der Waals surface area contributed by atoms with Crippen molar-refractivity contribution in [2.75, 3.05) is 0 Å². The fourth-order valence-corrected chi connectivity index (χ4v) is 5.08. The summed E-state index contributed by atoms with van der Waals surface area (Å²) in [6.07, 6.45) is 4.35. The van der Waals surface area contributed by atoms with Crippen molar-refractivity contribution in [3.05, 3.63) is 76.4 Å². The summed E-state index contributed by atoms with van der Waals surface area (Å²) in [5.74, 6) is -1.64. The smallest absolute Gasteiger partial charge is 0.129 e. The van der Waals surface area contributed by atoms with E-state index in [4.69, 9.17) is 0 Å². The number of alkyl halides is 2. The third kappa shape index (κ3) is 4.33. The molecule has 2 aliphatic carbocycles. The first kappa shape index (κ1) is 21.1. The maximum absolute atomic E-state index is 14.8. The van der Waals surface area contributed by atoms with Gasteiger partial charge in [0.25, 0.3) is 0 Å². The van der Waals surface area contributed by atoms with E-state index in [1.165, 1.54) is 6.07 Å². The molecule has 0 bridgehead atoms. The fraction of sp³-hybridized carbons (Fsp3) is 0.462. The van der Waals surface area contributed by atoms with Crippen LogP contribution in [0.4, 0.5) is 17.6 Å². The quantitative estimate of drug-likeness (QED) is 0.443. The highest BCUT2D eigenvalue weighted by Crippen LogP contribution is 2.42. The first-order valence-corrected chi connectivity index (χ1v) is 11.0. The Balaban J connectivity index is 1.48. The maximum Gasteiger partial charge on any atom is 0.129 e. The zero-order valence-corrected chi connectivity index (χ0v) is 17.3. The van der Waals surface area contributed by atoms with Gasteiger partial charge in [-0.3, -0.25) is 0 Å². The lowest BCUT2D eigenvalue weighted by atomic mass is 9.74. The standard InChI is InChI=1S/C26H28F4/c1-2-3-4-16-11-24(29)26(25(30)12-16)18-7-5-17(6-8-18)19-9-10-22-20(13-19)14-21(27)15-23(22)28/h5-9,14-16,24-26H,2-4,10-13H2,1H3. The Morgan fingerprint density at radius 1 is 0.967 bits per heavy atom. The molecule has 2 aromatic rings. The summed E-state index contributed by atoms with van der Waals surface area (Å²) in [4.78, 5) is 0. The van der Waals surface area contributed by atoms with E-state index in [0.29, 0.717) is 42.4 Å². The van der Waals surface area contributed by atoms with Crippen LogP contribution >= 0.6 is 0 Å². The van der Waals surface area contributed by atoms with E-state index in [1.807, 2.05) is 30.3 Å². The van der Waals surface area contributed by atoms with Crippen molar-refractivity contribution in [3.63, 3.8) is 0 Å². The highest BCUT2D eigenvalue weighted by atomic mass is 19.2. The van der Waals surface area contributed by atoms with Gasteiger partial charge in [0.05, 0.1) is 0 Å². The van der Waals surface area contributed by atoms with Crippen molar-refractivity contribution in [2.24, 2.45) is 5.92 Å². The second kappa shape index (κ2) is 8.95. The van der Waals surface area contributed by atoms with E-state index in [1.54, 1.807) is 0 Å². The zero-order valence-electron chi connectivity index (χ0n) is 17.3. The molecule has 0 spiro atoms. The van der Waals surface area contributed by atoms with Gasteiger partial charge in [-0.25, -0.2) is 17.6 Å². The summed E-state index contributed by atoms with van der Waals surface area (Å²) >= 11 is 0. The van der Waals surface area contributed by atoms with Crippen LogP contribution in [0.5, 0.6) is 0 Å². The predicted molar refractivity (Wildman–Crippen MR) is 113 cm³/mol. The first-order valence-electron chi connectivity index (χ1n) is 11.0. The predicted octanol–water partition coefficient (Wildman–Crippen LogP) is 7.51. The number of fused-ring (bicyclic) bond motifs is 1. The molecule has 1 saturated carbocycles. The van der Waals surface area contributed by atoms with Crippen LogP contribution in [0, 0.1) is 17.6 Å². The second-order valence-corrected chi connectivity index (χ2v) is 8.79. The lowest BCUT2D eigenvalue weighted by Gasteiger charge is -2.35. The highest BCUT2D eigenvalue weighted by molar-refractivity contribution is 5.70. The molecule has 0 nitrogen and oxygen atoms in total. The molecule has 2 atom stereocenters. The Morgan fingerprint density at radius 2 is 1.67 bits per heavy atom. The lowest BCUT2D eigenvalue weighted by Crippen LogP contribution is -2.33. The molecule has 2 unspecified atom stereocenters. The van der Waals surface area contributed by atoms with Crippen molar-refractivity contribution >= 4 is 5.57 Å². The van der Waals surface area contributed by atoms with Gasteiger partial charge < -0.3 is 0 Å². The Kier molecular flexibility index (Phi) is 6.31. The number of hydrogen-bond acceptors (Lipinski definition) is 0. The monoisotopic (exact) mass is 416 g/mol. The summed E-state index contributed by atoms with van der Waals surface area (Å²) in [5, 5.41) is 0. The molecule has 160 valence electrons. The molecule has 2 aliphatic rings. The zero-order chi connectivity index (χ0) is 21.3. The highest BCUT2D eigenvalue weighted by Gasteiger charge is 2.39. The van der Waals surface area contributed by atoms with Crippen molar-refractivity contribution in [1.29, 1.82) is 0 Å². The van der Waals surface area contributed by atoms with E-state index >= 15 is 0 Å². The average molecular weight is 417 g/mol. The molecule has 0 aliphatic heterocycles. The molecule has 0 aromatic heterocycles. The number of halogens is 4. The van der Waals surface area contributed by atoms with Gasteiger partial charge in [0.1, 0.15) is 24.0 Å². The minimum Gasteiger partial charge on any atom is -0.247 e. The summed E-state index contributed by atoms with van der Waals surface area (Å²) in [7, 11) is 0. The molecular formula is C26H28F4. The van der Waals surface area contributed by atoms with Crippen LogP contribution in [0.1, 0.15) is 67.2 Å². The van der Waals surface area contributed by atoms with Crippen molar-refractivity contribution in [3.8, 4) is 0 Å². The normalized spacial score (nSPS) is 26.2. The third-order valence-corrected chi connectivity index (χ3v) is 6.71. The van der Waals surface area contributed by atoms with Crippen molar-refractivity contribution in [2.45, 2.75) is 70.1 Å². The molecular weight excluding hydrogens is 388 g/mol. The topological polar surface area (TPSA) is 0 Å². The van der Waals surface area contributed by atoms with Crippen molar-refractivity contribution in [1.82, 2.24) is 0 Å². The number of unbranched alkanes of at least 4 members (excludes halogenated alkanes) is 1. The van der Waals surface area contributed by atoms with Crippen LogP contribution in [-0.2, 0) is 12.8 Å². The first-order chi connectivity index (χ1) is 14.5. The van der Waals surface area contributed by atoms with E-state index < -0.39 is 29.9 Å².